The first-order valence-electron chi connectivity index (χ1n) is 5.68. The Labute approximate surface area is 109 Å². The SMILES string of the molecule is CNCCC(=O)Nc1cccc(C(C)C)c1.Cl. The third kappa shape index (κ3) is 5.71. The van der Waals surface area contributed by atoms with Gasteiger partial charge >= 0.3 is 0 Å². The molecule has 1 rings (SSSR count). The number of amides is 1. The van der Waals surface area contributed by atoms with Crippen LogP contribution < -0.4 is 10.6 Å². The number of halogens is 1. The molecule has 0 saturated carbocycles. The normalized spacial score (nSPS) is 9.88. The van der Waals surface area contributed by atoms with Crippen molar-refractivity contribution < 1.29 is 4.79 Å². The van der Waals surface area contributed by atoms with Crippen molar-refractivity contribution in [3.63, 3.8) is 0 Å². The first-order valence-corrected chi connectivity index (χ1v) is 5.68. The molecule has 0 saturated heterocycles. The minimum atomic E-state index is 0. The minimum Gasteiger partial charge on any atom is -0.326 e. The summed E-state index contributed by atoms with van der Waals surface area (Å²) < 4.78 is 0. The minimum absolute atomic E-state index is 0. The maximum atomic E-state index is 11.5. The molecule has 4 heteroatoms. The highest BCUT2D eigenvalue weighted by molar-refractivity contribution is 5.90. The Morgan fingerprint density at radius 1 is 1.35 bits per heavy atom. The van der Waals surface area contributed by atoms with E-state index in [1.807, 2.05) is 25.2 Å². The van der Waals surface area contributed by atoms with E-state index >= 15 is 0 Å². The Balaban J connectivity index is 0.00000256. The summed E-state index contributed by atoms with van der Waals surface area (Å²) in [5.74, 6) is 0.532. The summed E-state index contributed by atoms with van der Waals surface area (Å²) >= 11 is 0. The fraction of sp³-hybridized carbons (Fsp3) is 0.462. The first kappa shape index (κ1) is 15.9. The summed E-state index contributed by atoms with van der Waals surface area (Å²) in [6, 6.07) is 8.00. The lowest BCUT2D eigenvalue weighted by atomic mass is 10.0. The largest absolute Gasteiger partial charge is 0.326 e. The number of benzene rings is 1. The molecule has 0 bridgehead atoms. The maximum absolute atomic E-state index is 11.5. The van der Waals surface area contributed by atoms with E-state index in [1.54, 1.807) is 0 Å². The topological polar surface area (TPSA) is 41.1 Å². The molecule has 0 heterocycles. The predicted molar refractivity (Wildman–Crippen MR) is 75.0 cm³/mol. The Kier molecular flexibility index (Phi) is 7.59. The second-order valence-corrected chi connectivity index (χ2v) is 4.18. The van der Waals surface area contributed by atoms with Crippen LogP contribution >= 0.6 is 12.4 Å². The van der Waals surface area contributed by atoms with Gasteiger partial charge in [-0.3, -0.25) is 4.79 Å². The van der Waals surface area contributed by atoms with Crippen molar-refractivity contribution >= 4 is 24.0 Å². The zero-order chi connectivity index (χ0) is 12.0. The molecule has 0 atom stereocenters. The van der Waals surface area contributed by atoms with E-state index in [-0.39, 0.29) is 18.3 Å². The van der Waals surface area contributed by atoms with Gasteiger partial charge in [0.15, 0.2) is 0 Å². The lowest BCUT2D eigenvalue weighted by Crippen LogP contribution is -2.18. The van der Waals surface area contributed by atoms with E-state index in [0.29, 0.717) is 18.9 Å². The highest BCUT2D eigenvalue weighted by Crippen LogP contribution is 2.18. The van der Waals surface area contributed by atoms with Crippen molar-refractivity contribution in [1.82, 2.24) is 5.32 Å². The van der Waals surface area contributed by atoms with Crippen LogP contribution in [0.5, 0.6) is 0 Å². The monoisotopic (exact) mass is 256 g/mol. The molecule has 0 aliphatic carbocycles. The van der Waals surface area contributed by atoms with Crippen LogP contribution in [0.3, 0.4) is 0 Å². The van der Waals surface area contributed by atoms with E-state index in [2.05, 4.69) is 30.5 Å². The highest BCUT2D eigenvalue weighted by Gasteiger charge is 2.03. The highest BCUT2D eigenvalue weighted by atomic mass is 35.5. The van der Waals surface area contributed by atoms with Gasteiger partial charge in [-0.15, -0.1) is 12.4 Å². The Hall–Kier alpha value is -1.06. The zero-order valence-electron chi connectivity index (χ0n) is 10.6. The Bertz CT molecular complexity index is 353. The van der Waals surface area contributed by atoms with Crippen molar-refractivity contribution in [2.45, 2.75) is 26.2 Å². The summed E-state index contributed by atoms with van der Waals surface area (Å²) in [6.45, 7) is 4.99. The molecule has 17 heavy (non-hydrogen) atoms. The quantitative estimate of drug-likeness (QED) is 0.851. The summed E-state index contributed by atoms with van der Waals surface area (Å²) in [6.07, 6.45) is 0.502. The van der Waals surface area contributed by atoms with Gasteiger partial charge in [-0.1, -0.05) is 26.0 Å². The molecule has 96 valence electrons. The Morgan fingerprint density at radius 2 is 2.06 bits per heavy atom. The summed E-state index contributed by atoms with van der Waals surface area (Å²) in [5, 5.41) is 5.85. The summed E-state index contributed by atoms with van der Waals surface area (Å²) in [5.41, 5.74) is 2.12. The van der Waals surface area contributed by atoms with Crippen molar-refractivity contribution in [3.05, 3.63) is 29.8 Å². The van der Waals surface area contributed by atoms with Gasteiger partial charge in [-0.2, -0.15) is 0 Å². The number of carbonyl (C=O) groups is 1. The average molecular weight is 257 g/mol. The smallest absolute Gasteiger partial charge is 0.225 e. The van der Waals surface area contributed by atoms with Crippen LogP contribution in [0, 0.1) is 0 Å². The van der Waals surface area contributed by atoms with Gasteiger partial charge in [0, 0.05) is 18.7 Å². The number of hydrogen-bond donors (Lipinski definition) is 2. The third-order valence-electron chi connectivity index (χ3n) is 2.44. The summed E-state index contributed by atoms with van der Waals surface area (Å²) in [7, 11) is 1.84. The maximum Gasteiger partial charge on any atom is 0.225 e. The molecular formula is C13H21ClN2O. The van der Waals surface area contributed by atoms with E-state index in [1.165, 1.54) is 5.56 Å². The van der Waals surface area contributed by atoms with E-state index < -0.39 is 0 Å². The van der Waals surface area contributed by atoms with Gasteiger partial charge in [-0.25, -0.2) is 0 Å². The molecule has 0 radical (unpaired) electrons. The lowest BCUT2D eigenvalue weighted by Gasteiger charge is -2.09. The molecule has 0 aliphatic rings. The molecule has 1 aromatic rings. The molecule has 0 unspecified atom stereocenters. The number of hydrogen-bond acceptors (Lipinski definition) is 2. The van der Waals surface area contributed by atoms with Gasteiger partial charge < -0.3 is 10.6 Å². The van der Waals surface area contributed by atoms with Crippen LogP contribution in [-0.2, 0) is 4.79 Å². The number of carbonyl (C=O) groups excluding carboxylic acids is 1. The lowest BCUT2D eigenvalue weighted by molar-refractivity contribution is -0.116. The predicted octanol–water partition coefficient (Wildman–Crippen LogP) is 2.78. The first-order chi connectivity index (χ1) is 7.63. The molecule has 1 amide bonds. The molecule has 1 aromatic carbocycles. The number of nitrogens with one attached hydrogen (secondary N) is 2. The van der Waals surface area contributed by atoms with Crippen LogP contribution in [0.2, 0.25) is 0 Å². The molecule has 0 fully saturated rings. The molecule has 2 N–H and O–H groups in total. The van der Waals surface area contributed by atoms with Gasteiger partial charge in [0.2, 0.25) is 5.91 Å². The van der Waals surface area contributed by atoms with Gasteiger partial charge in [0.25, 0.3) is 0 Å². The van der Waals surface area contributed by atoms with Crippen molar-refractivity contribution in [2.75, 3.05) is 18.9 Å². The number of rotatable bonds is 5. The van der Waals surface area contributed by atoms with Crippen LogP contribution in [0.4, 0.5) is 5.69 Å². The third-order valence-corrected chi connectivity index (χ3v) is 2.44. The van der Waals surface area contributed by atoms with Crippen molar-refractivity contribution in [2.24, 2.45) is 0 Å². The zero-order valence-corrected chi connectivity index (χ0v) is 11.4. The summed E-state index contributed by atoms with van der Waals surface area (Å²) in [4.78, 5) is 11.5. The molecule has 0 spiro atoms. The van der Waals surface area contributed by atoms with Gasteiger partial charge in [0.1, 0.15) is 0 Å². The van der Waals surface area contributed by atoms with E-state index in [0.717, 1.165) is 5.69 Å². The fourth-order valence-corrected chi connectivity index (χ4v) is 1.44. The molecular weight excluding hydrogens is 236 g/mol. The van der Waals surface area contributed by atoms with Crippen molar-refractivity contribution in [3.8, 4) is 0 Å². The molecule has 0 aromatic heterocycles. The van der Waals surface area contributed by atoms with Crippen LogP contribution in [-0.4, -0.2) is 19.5 Å². The van der Waals surface area contributed by atoms with E-state index in [4.69, 9.17) is 0 Å². The second-order valence-electron chi connectivity index (χ2n) is 4.18. The second kappa shape index (κ2) is 8.09. The van der Waals surface area contributed by atoms with E-state index in [9.17, 15) is 4.79 Å². The Morgan fingerprint density at radius 3 is 2.65 bits per heavy atom. The number of anilines is 1. The van der Waals surface area contributed by atoms with Gasteiger partial charge in [-0.05, 0) is 30.7 Å². The van der Waals surface area contributed by atoms with Crippen LogP contribution in [0.15, 0.2) is 24.3 Å². The molecule has 3 nitrogen and oxygen atoms in total. The van der Waals surface area contributed by atoms with Crippen LogP contribution in [0.1, 0.15) is 31.7 Å². The van der Waals surface area contributed by atoms with Crippen molar-refractivity contribution in [1.29, 1.82) is 0 Å². The molecule has 0 aliphatic heterocycles. The van der Waals surface area contributed by atoms with Gasteiger partial charge in [0.05, 0.1) is 0 Å². The fourth-order valence-electron chi connectivity index (χ4n) is 1.44. The van der Waals surface area contributed by atoms with Crippen LogP contribution in [0.25, 0.3) is 0 Å². The standard InChI is InChI=1S/C13H20N2O.ClH/c1-10(2)11-5-4-6-12(9-11)15-13(16)7-8-14-3;/h4-6,9-10,14H,7-8H2,1-3H3,(H,15,16);1H. The average Bonchev–Trinajstić information content (AvgIpc) is 2.26.